The van der Waals surface area contributed by atoms with Gasteiger partial charge in [0.05, 0.1) is 6.61 Å². The Morgan fingerprint density at radius 2 is 0.882 bits per heavy atom. The fourth-order valence-electron chi connectivity index (χ4n) is 2.81. The third kappa shape index (κ3) is 9.12. The van der Waals surface area contributed by atoms with Crippen molar-refractivity contribution in [3.8, 4) is 0 Å². The molecule has 0 rings (SSSR count). The Balaban J connectivity index is 4.87. The van der Waals surface area contributed by atoms with Gasteiger partial charge in [-0.1, -0.05) is 44.9 Å². The predicted octanol–water partition coefficient (Wildman–Crippen LogP) is 8.92. The second-order valence-electron chi connectivity index (χ2n) is 7.81. The zero-order valence-corrected chi connectivity index (χ0v) is 18.9. The molecule has 34 heavy (non-hydrogen) atoms. The Morgan fingerprint density at radius 3 is 1.29 bits per heavy atom. The van der Waals surface area contributed by atoms with Crippen LogP contribution in [-0.2, 0) is 4.74 Å². The molecule has 0 saturated carbocycles. The van der Waals surface area contributed by atoms with E-state index in [9.17, 15) is 57.1 Å². The molecule has 1 nitrogen and oxygen atoms in total. The molecule has 206 valence electrons. The fraction of sp³-hybridized carbons (Fsp3) is 1.00. The molecule has 0 bridgehead atoms. The number of thiol groups is 1. The van der Waals surface area contributed by atoms with Crippen LogP contribution in [-0.4, -0.2) is 48.3 Å². The van der Waals surface area contributed by atoms with E-state index in [0.29, 0.717) is 12.8 Å². The molecule has 0 saturated heterocycles. The third-order valence-electron chi connectivity index (χ3n) is 4.92. The smallest absolute Gasteiger partial charge is 0.316 e. The summed E-state index contributed by atoms with van der Waals surface area (Å²) in [6, 6.07) is 0. The lowest BCUT2D eigenvalue weighted by Crippen LogP contribution is -2.67. The van der Waals surface area contributed by atoms with Crippen LogP contribution in [0.2, 0.25) is 0 Å². The maximum absolute atomic E-state index is 13.6. The van der Waals surface area contributed by atoms with E-state index >= 15 is 0 Å². The van der Waals surface area contributed by atoms with Crippen molar-refractivity contribution in [1.82, 2.24) is 0 Å². The van der Waals surface area contributed by atoms with Crippen LogP contribution in [0.5, 0.6) is 0 Å². The number of halogens is 13. The van der Waals surface area contributed by atoms with Crippen LogP contribution >= 0.6 is 12.6 Å². The van der Waals surface area contributed by atoms with Crippen LogP contribution in [0.15, 0.2) is 0 Å². The van der Waals surface area contributed by atoms with E-state index in [4.69, 9.17) is 0 Å². The van der Waals surface area contributed by atoms with Gasteiger partial charge in [-0.2, -0.15) is 69.7 Å². The molecule has 0 aromatic carbocycles. The van der Waals surface area contributed by atoms with Crippen LogP contribution in [0.3, 0.4) is 0 Å². The molecule has 0 amide bonds. The van der Waals surface area contributed by atoms with Crippen LogP contribution < -0.4 is 0 Å². The maximum Gasteiger partial charge on any atom is 0.426 e. The van der Waals surface area contributed by atoms with Crippen LogP contribution in [0.25, 0.3) is 0 Å². The van der Waals surface area contributed by atoms with E-state index in [0.717, 1.165) is 37.9 Å². The van der Waals surface area contributed by atoms with E-state index in [-0.39, 0.29) is 12.8 Å². The summed E-state index contributed by atoms with van der Waals surface area (Å²) in [6.45, 7) is -1.27. The molecule has 15 heteroatoms. The summed E-state index contributed by atoms with van der Waals surface area (Å²) in [5.41, 5.74) is 0. The molecule has 0 N–H and O–H groups in total. The van der Waals surface area contributed by atoms with Gasteiger partial charge in [-0.15, -0.1) is 0 Å². The number of hydrogen-bond donors (Lipinski definition) is 1. The largest absolute Gasteiger partial charge is 0.426 e. The summed E-state index contributed by atoms with van der Waals surface area (Å²) in [6.07, 6.45) is -12.1. The van der Waals surface area contributed by atoms with E-state index in [2.05, 4.69) is 17.4 Å². The first kappa shape index (κ1) is 33.4. The molecule has 0 heterocycles. The molecule has 0 aromatic heterocycles. The minimum atomic E-state index is -7.44. The van der Waals surface area contributed by atoms with Crippen molar-refractivity contribution in [2.24, 2.45) is 0 Å². The topological polar surface area (TPSA) is 9.23 Å². The summed E-state index contributed by atoms with van der Waals surface area (Å²) in [4.78, 5) is 0. The first-order valence-corrected chi connectivity index (χ1v) is 11.1. The van der Waals surface area contributed by atoms with Gasteiger partial charge in [0.1, 0.15) is 0 Å². The van der Waals surface area contributed by atoms with Crippen LogP contribution in [0.1, 0.15) is 70.6 Å². The van der Waals surface area contributed by atoms with Gasteiger partial charge in [0.15, 0.2) is 0 Å². The highest BCUT2D eigenvalue weighted by Crippen LogP contribution is 2.58. The van der Waals surface area contributed by atoms with E-state index < -0.39 is 55.4 Å². The highest BCUT2D eigenvalue weighted by Gasteiger charge is 2.86. The number of alkyl halides is 13. The second kappa shape index (κ2) is 13.1. The number of hydrogen-bond acceptors (Lipinski definition) is 2. The summed E-state index contributed by atoms with van der Waals surface area (Å²) in [5.74, 6) is -27.5. The van der Waals surface area contributed by atoms with Crippen LogP contribution in [0, 0.1) is 0 Å². The van der Waals surface area contributed by atoms with Gasteiger partial charge in [-0.25, -0.2) is 0 Å². The van der Waals surface area contributed by atoms with Crippen molar-refractivity contribution in [1.29, 1.82) is 0 Å². The molecule has 0 radical (unpaired) electrons. The van der Waals surface area contributed by atoms with E-state index in [1.165, 1.54) is 0 Å². The quantitative estimate of drug-likeness (QED) is 0.102. The standard InChI is InChI=1S/C19H27F13OS/c20-14(21,10-11-15(22,23)24)16(25,26)17(27,28)18(29,30)19(31,32)33-12-8-6-4-2-1-3-5-7-9-13-34/h34H,1-13H2. The predicted molar refractivity (Wildman–Crippen MR) is 101 cm³/mol. The number of ether oxygens (including phenoxy) is 1. The van der Waals surface area contributed by atoms with Gasteiger partial charge in [0.25, 0.3) is 0 Å². The van der Waals surface area contributed by atoms with Crippen molar-refractivity contribution in [3.63, 3.8) is 0 Å². The monoisotopic (exact) mass is 550 g/mol. The summed E-state index contributed by atoms with van der Waals surface area (Å²) < 4.78 is 174. The maximum atomic E-state index is 13.6. The van der Waals surface area contributed by atoms with Crippen molar-refractivity contribution in [3.05, 3.63) is 0 Å². The normalized spacial score (nSPS) is 14.6. The Bertz CT molecular complexity index is 579. The lowest BCUT2D eigenvalue weighted by atomic mass is 9.95. The molecule has 0 fully saturated rings. The lowest BCUT2D eigenvalue weighted by molar-refractivity contribution is -0.446. The average Bonchev–Trinajstić information content (AvgIpc) is 2.69. The number of rotatable bonds is 18. The molecular weight excluding hydrogens is 523 g/mol. The average molecular weight is 550 g/mol. The lowest BCUT2D eigenvalue weighted by Gasteiger charge is -2.39. The summed E-state index contributed by atoms with van der Waals surface area (Å²) in [5, 5.41) is 0. The van der Waals surface area contributed by atoms with Crippen molar-refractivity contribution in [2.45, 2.75) is 107 Å². The molecular formula is C19H27F13OS. The van der Waals surface area contributed by atoms with Gasteiger partial charge >= 0.3 is 36.0 Å². The van der Waals surface area contributed by atoms with E-state index in [1.54, 1.807) is 0 Å². The van der Waals surface area contributed by atoms with Gasteiger partial charge in [0.2, 0.25) is 0 Å². The Kier molecular flexibility index (Phi) is 12.9. The third-order valence-corrected chi connectivity index (χ3v) is 5.24. The first-order chi connectivity index (χ1) is 15.3. The van der Waals surface area contributed by atoms with Crippen LogP contribution in [0.4, 0.5) is 57.1 Å². The van der Waals surface area contributed by atoms with Crippen molar-refractivity contribution < 1.29 is 61.8 Å². The first-order valence-electron chi connectivity index (χ1n) is 10.5. The summed E-state index contributed by atoms with van der Waals surface area (Å²) in [7, 11) is 0. The molecule has 0 aliphatic rings. The minimum Gasteiger partial charge on any atom is -0.316 e. The molecule has 0 aromatic rings. The zero-order chi connectivity index (χ0) is 26.9. The number of unbranched alkanes of at least 4 members (excludes halogenated alkanes) is 8. The fourth-order valence-corrected chi connectivity index (χ4v) is 3.03. The SMILES string of the molecule is FC(F)(F)CCC(F)(F)C(F)(F)C(F)(F)C(F)(F)C(F)(F)OCCCCCCCCCCCS. The highest BCUT2D eigenvalue weighted by atomic mass is 32.1. The van der Waals surface area contributed by atoms with Crippen molar-refractivity contribution >= 4 is 12.6 Å². The molecule has 0 atom stereocenters. The molecule has 0 spiro atoms. The van der Waals surface area contributed by atoms with Crippen molar-refractivity contribution in [2.75, 3.05) is 12.4 Å². The Morgan fingerprint density at radius 1 is 0.471 bits per heavy atom. The van der Waals surface area contributed by atoms with Gasteiger partial charge in [-0.05, 0) is 18.6 Å². The minimum absolute atomic E-state index is 0.153. The highest BCUT2D eigenvalue weighted by molar-refractivity contribution is 7.80. The van der Waals surface area contributed by atoms with Gasteiger partial charge in [0, 0.05) is 12.8 Å². The van der Waals surface area contributed by atoms with E-state index in [1.807, 2.05) is 0 Å². The van der Waals surface area contributed by atoms with Gasteiger partial charge < -0.3 is 4.74 Å². The van der Waals surface area contributed by atoms with Gasteiger partial charge in [-0.3, -0.25) is 0 Å². The Labute approximate surface area is 194 Å². The summed E-state index contributed by atoms with van der Waals surface area (Å²) >= 11 is 4.05. The zero-order valence-electron chi connectivity index (χ0n) is 18.0. The molecule has 0 aliphatic carbocycles. The molecule has 0 unspecified atom stereocenters. The Hall–Kier alpha value is -0.600. The second-order valence-corrected chi connectivity index (χ2v) is 8.26. The molecule has 0 aliphatic heterocycles.